The predicted molar refractivity (Wildman–Crippen MR) is 107 cm³/mol. The number of nitrogens with zero attached hydrogens (tertiary/aromatic N) is 3. The SMILES string of the molecule is CCCC(=O)NC(c1cccnc1)c1cc(N(C)C)c2cccnc2c1O. The molecular weight excluding hydrogens is 340 g/mol. The fourth-order valence-corrected chi connectivity index (χ4v) is 3.17. The Kier molecular flexibility index (Phi) is 5.54. The first-order chi connectivity index (χ1) is 13.0. The molecule has 0 spiro atoms. The van der Waals surface area contributed by atoms with Crippen LogP contribution in [0.15, 0.2) is 48.9 Å². The Morgan fingerprint density at radius 3 is 2.70 bits per heavy atom. The number of aromatic nitrogens is 2. The van der Waals surface area contributed by atoms with Gasteiger partial charge in [0.2, 0.25) is 5.91 Å². The van der Waals surface area contributed by atoms with Crippen LogP contribution in [0.2, 0.25) is 0 Å². The maximum absolute atomic E-state index is 12.4. The van der Waals surface area contributed by atoms with E-state index in [1.54, 1.807) is 18.6 Å². The van der Waals surface area contributed by atoms with Crippen molar-refractivity contribution in [2.24, 2.45) is 0 Å². The molecule has 1 aromatic carbocycles. The van der Waals surface area contributed by atoms with E-state index in [9.17, 15) is 9.90 Å². The fourth-order valence-electron chi connectivity index (χ4n) is 3.17. The summed E-state index contributed by atoms with van der Waals surface area (Å²) in [5.41, 5.74) is 2.83. The summed E-state index contributed by atoms with van der Waals surface area (Å²) < 4.78 is 0. The van der Waals surface area contributed by atoms with Crippen LogP contribution in [-0.4, -0.2) is 35.1 Å². The predicted octanol–water partition coefficient (Wildman–Crippen LogP) is 3.41. The molecule has 0 radical (unpaired) electrons. The van der Waals surface area contributed by atoms with Crippen molar-refractivity contribution in [3.8, 4) is 5.75 Å². The number of aromatic hydroxyl groups is 1. The number of phenolic OH excluding ortho intramolecular Hbond substituents is 1. The van der Waals surface area contributed by atoms with Crippen molar-refractivity contribution in [3.05, 3.63) is 60.0 Å². The third-order valence-corrected chi connectivity index (χ3v) is 4.47. The molecule has 3 rings (SSSR count). The van der Waals surface area contributed by atoms with Crippen LogP contribution >= 0.6 is 0 Å². The monoisotopic (exact) mass is 364 g/mol. The lowest BCUT2D eigenvalue weighted by Gasteiger charge is -2.24. The molecule has 6 nitrogen and oxygen atoms in total. The number of anilines is 1. The van der Waals surface area contributed by atoms with Crippen LogP contribution in [0, 0.1) is 0 Å². The molecule has 0 aliphatic rings. The normalized spacial score (nSPS) is 12.0. The second-order valence-electron chi connectivity index (χ2n) is 6.66. The highest BCUT2D eigenvalue weighted by Gasteiger charge is 2.24. The van der Waals surface area contributed by atoms with E-state index in [-0.39, 0.29) is 11.7 Å². The first kappa shape index (κ1) is 18.6. The molecule has 140 valence electrons. The number of rotatable bonds is 6. The number of carbonyl (C=O) groups excluding carboxylic acids is 1. The maximum atomic E-state index is 12.4. The molecule has 0 saturated carbocycles. The second-order valence-corrected chi connectivity index (χ2v) is 6.66. The minimum absolute atomic E-state index is 0.0710. The Hall–Kier alpha value is -3.15. The molecule has 0 fully saturated rings. The van der Waals surface area contributed by atoms with Crippen LogP contribution in [0.4, 0.5) is 5.69 Å². The Labute approximate surface area is 158 Å². The summed E-state index contributed by atoms with van der Waals surface area (Å²) >= 11 is 0. The highest BCUT2D eigenvalue weighted by atomic mass is 16.3. The van der Waals surface area contributed by atoms with E-state index in [0.717, 1.165) is 23.1 Å². The zero-order chi connectivity index (χ0) is 19.4. The quantitative estimate of drug-likeness (QED) is 0.701. The van der Waals surface area contributed by atoms with Crippen molar-refractivity contribution in [3.63, 3.8) is 0 Å². The Morgan fingerprint density at radius 2 is 2.04 bits per heavy atom. The average Bonchev–Trinajstić information content (AvgIpc) is 2.67. The van der Waals surface area contributed by atoms with Crippen LogP contribution in [-0.2, 0) is 4.79 Å². The van der Waals surface area contributed by atoms with Crippen LogP contribution in [0.5, 0.6) is 5.75 Å². The number of nitrogens with one attached hydrogen (secondary N) is 1. The number of hydrogen-bond acceptors (Lipinski definition) is 5. The molecule has 0 aliphatic heterocycles. The molecule has 0 aliphatic carbocycles. The number of phenols is 1. The van der Waals surface area contributed by atoms with Crippen LogP contribution < -0.4 is 10.2 Å². The van der Waals surface area contributed by atoms with Gasteiger partial charge in [-0.1, -0.05) is 13.0 Å². The molecule has 2 heterocycles. The summed E-state index contributed by atoms with van der Waals surface area (Å²) in [6.45, 7) is 1.96. The van der Waals surface area contributed by atoms with Gasteiger partial charge in [-0.2, -0.15) is 0 Å². The minimum atomic E-state index is -0.511. The van der Waals surface area contributed by atoms with E-state index in [2.05, 4.69) is 15.3 Å². The second kappa shape index (κ2) is 8.03. The van der Waals surface area contributed by atoms with Gasteiger partial charge in [-0.15, -0.1) is 0 Å². The van der Waals surface area contributed by atoms with Crippen LogP contribution in [0.1, 0.15) is 36.9 Å². The van der Waals surface area contributed by atoms with Gasteiger partial charge in [0.05, 0.1) is 6.04 Å². The van der Waals surface area contributed by atoms with Gasteiger partial charge in [-0.25, -0.2) is 0 Å². The van der Waals surface area contributed by atoms with E-state index >= 15 is 0 Å². The largest absolute Gasteiger partial charge is 0.505 e. The van der Waals surface area contributed by atoms with Gasteiger partial charge in [0.1, 0.15) is 11.3 Å². The van der Waals surface area contributed by atoms with Crippen LogP contribution in [0.3, 0.4) is 0 Å². The summed E-state index contributed by atoms with van der Waals surface area (Å²) in [6.07, 6.45) is 6.21. The van der Waals surface area contributed by atoms with E-state index in [1.807, 2.05) is 56.3 Å². The summed E-state index contributed by atoms with van der Waals surface area (Å²) in [5.74, 6) is 0.000116. The van der Waals surface area contributed by atoms with Crippen LogP contribution in [0.25, 0.3) is 10.9 Å². The number of amides is 1. The smallest absolute Gasteiger partial charge is 0.220 e. The zero-order valence-electron chi connectivity index (χ0n) is 15.8. The number of hydrogen-bond donors (Lipinski definition) is 2. The lowest BCUT2D eigenvalue weighted by molar-refractivity contribution is -0.121. The molecular formula is C21H24N4O2. The molecule has 27 heavy (non-hydrogen) atoms. The standard InChI is InChI=1S/C21H24N4O2/c1-4-7-18(26)24-19(14-8-5-10-22-13-14)16-12-17(25(2)3)15-9-6-11-23-20(15)21(16)27/h5-6,8-13,19,27H,4,7H2,1-3H3,(H,24,26). The van der Waals surface area contributed by atoms with Gasteiger partial charge in [-0.05, 0) is 36.2 Å². The van der Waals surface area contributed by atoms with Crippen molar-refractivity contribution < 1.29 is 9.90 Å². The van der Waals surface area contributed by atoms with E-state index in [4.69, 9.17) is 0 Å². The van der Waals surface area contributed by atoms with Crippen molar-refractivity contribution in [2.45, 2.75) is 25.8 Å². The fraction of sp³-hybridized carbons (Fsp3) is 0.286. The van der Waals surface area contributed by atoms with Gasteiger partial charge in [0.15, 0.2) is 0 Å². The summed E-state index contributed by atoms with van der Waals surface area (Å²) in [4.78, 5) is 22.9. The summed E-state index contributed by atoms with van der Waals surface area (Å²) in [5, 5.41) is 14.9. The zero-order valence-corrected chi connectivity index (χ0v) is 15.8. The van der Waals surface area contributed by atoms with Gasteiger partial charge >= 0.3 is 0 Å². The van der Waals surface area contributed by atoms with Gasteiger partial charge < -0.3 is 15.3 Å². The third kappa shape index (κ3) is 3.84. The number of pyridine rings is 2. The molecule has 6 heteroatoms. The minimum Gasteiger partial charge on any atom is -0.505 e. The molecule has 2 aromatic heterocycles. The Bertz CT molecular complexity index is 942. The average molecular weight is 364 g/mol. The topological polar surface area (TPSA) is 78.4 Å². The van der Waals surface area contributed by atoms with Gasteiger partial charge in [0.25, 0.3) is 0 Å². The number of fused-ring (bicyclic) bond motifs is 1. The van der Waals surface area contributed by atoms with E-state index < -0.39 is 6.04 Å². The molecule has 1 amide bonds. The van der Waals surface area contributed by atoms with Gasteiger partial charge in [-0.3, -0.25) is 14.8 Å². The molecule has 1 atom stereocenters. The third-order valence-electron chi connectivity index (χ3n) is 4.47. The number of benzene rings is 1. The van der Waals surface area contributed by atoms with E-state index in [0.29, 0.717) is 17.5 Å². The Morgan fingerprint density at radius 1 is 1.26 bits per heavy atom. The first-order valence-corrected chi connectivity index (χ1v) is 9.00. The molecule has 1 unspecified atom stereocenters. The highest BCUT2D eigenvalue weighted by Crippen LogP contribution is 2.39. The summed E-state index contributed by atoms with van der Waals surface area (Å²) in [6, 6.07) is 8.87. The molecule has 2 N–H and O–H groups in total. The molecule has 3 aromatic rings. The first-order valence-electron chi connectivity index (χ1n) is 9.00. The van der Waals surface area contributed by atoms with Gasteiger partial charge in [0, 0.05) is 55.7 Å². The number of carbonyl (C=O) groups is 1. The van der Waals surface area contributed by atoms with Crippen molar-refractivity contribution >= 4 is 22.5 Å². The summed E-state index contributed by atoms with van der Waals surface area (Å²) in [7, 11) is 3.88. The maximum Gasteiger partial charge on any atom is 0.220 e. The lowest BCUT2D eigenvalue weighted by atomic mass is 9.95. The van der Waals surface area contributed by atoms with Crippen molar-refractivity contribution in [1.82, 2.24) is 15.3 Å². The highest BCUT2D eigenvalue weighted by molar-refractivity contribution is 5.97. The van der Waals surface area contributed by atoms with E-state index in [1.165, 1.54) is 0 Å². The Balaban J connectivity index is 2.20. The van der Waals surface area contributed by atoms with Crippen molar-refractivity contribution in [1.29, 1.82) is 0 Å². The molecule has 0 bridgehead atoms. The molecule has 0 saturated heterocycles. The van der Waals surface area contributed by atoms with Crippen molar-refractivity contribution in [2.75, 3.05) is 19.0 Å². The lowest BCUT2D eigenvalue weighted by Crippen LogP contribution is -2.29.